The highest BCUT2D eigenvalue weighted by Gasteiger charge is 2.05. The molecule has 1 aliphatic rings. The Morgan fingerprint density at radius 1 is 1.33 bits per heavy atom. The van der Waals surface area contributed by atoms with E-state index in [0.29, 0.717) is 5.70 Å². The third kappa shape index (κ3) is 2.20. The third-order valence-electron chi connectivity index (χ3n) is 1.28. The molecule has 3 heteroatoms. The fourth-order valence-corrected chi connectivity index (χ4v) is 0.716. The lowest BCUT2D eigenvalue weighted by molar-refractivity contribution is -0.136. The van der Waals surface area contributed by atoms with E-state index in [4.69, 9.17) is 0 Å². The molecule has 0 amide bonds. The SMILES string of the molecule is COC(=O)C1=CC=CC=CC=N1. The first kappa shape index (κ1) is 8.46. The van der Waals surface area contributed by atoms with Crippen molar-refractivity contribution in [2.24, 2.45) is 4.99 Å². The predicted molar refractivity (Wildman–Crippen MR) is 46.9 cm³/mol. The predicted octanol–water partition coefficient (Wildman–Crippen LogP) is 1.24. The molecule has 1 rings (SSSR count). The van der Waals surface area contributed by atoms with Crippen LogP contribution in [0.5, 0.6) is 0 Å². The van der Waals surface area contributed by atoms with Crippen LogP contribution < -0.4 is 0 Å². The molecule has 0 spiro atoms. The minimum Gasteiger partial charge on any atom is -0.464 e. The van der Waals surface area contributed by atoms with Crippen LogP contribution in [0.4, 0.5) is 0 Å². The summed E-state index contributed by atoms with van der Waals surface area (Å²) in [5.74, 6) is -0.425. The maximum absolute atomic E-state index is 11.0. The van der Waals surface area contributed by atoms with E-state index in [-0.39, 0.29) is 0 Å². The van der Waals surface area contributed by atoms with Crippen LogP contribution in [0.25, 0.3) is 0 Å². The van der Waals surface area contributed by atoms with Crippen LogP contribution in [-0.2, 0) is 9.53 Å². The van der Waals surface area contributed by atoms with Gasteiger partial charge in [-0.05, 0) is 12.2 Å². The molecular formula is C9H9NO2. The van der Waals surface area contributed by atoms with E-state index < -0.39 is 5.97 Å². The normalized spacial score (nSPS) is 14.9. The fraction of sp³-hybridized carbons (Fsp3) is 0.111. The summed E-state index contributed by atoms with van der Waals surface area (Å²) in [5.41, 5.74) is 0.304. The number of allylic oxidation sites excluding steroid dienone is 5. The summed E-state index contributed by atoms with van der Waals surface area (Å²) in [4.78, 5) is 14.8. The lowest BCUT2D eigenvalue weighted by Gasteiger charge is -1.97. The van der Waals surface area contributed by atoms with Gasteiger partial charge < -0.3 is 4.74 Å². The van der Waals surface area contributed by atoms with Crippen LogP contribution in [0.2, 0.25) is 0 Å². The molecular weight excluding hydrogens is 154 g/mol. The summed E-state index contributed by atoms with van der Waals surface area (Å²) in [5, 5.41) is 0. The quantitative estimate of drug-likeness (QED) is 0.545. The van der Waals surface area contributed by atoms with Gasteiger partial charge in [0.25, 0.3) is 0 Å². The first-order valence-electron chi connectivity index (χ1n) is 3.50. The molecule has 0 saturated heterocycles. The van der Waals surface area contributed by atoms with Crippen molar-refractivity contribution in [3.63, 3.8) is 0 Å². The van der Waals surface area contributed by atoms with Crippen molar-refractivity contribution in [3.8, 4) is 0 Å². The molecule has 0 N–H and O–H groups in total. The van der Waals surface area contributed by atoms with Crippen molar-refractivity contribution >= 4 is 12.2 Å². The van der Waals surface area contributed by atoms with Gasteiger partial charge in [0.05, 0.1) is 7.11 Å². The maximum atomic E-state index is 11.0. The Morgan fingerprint density at radius 3 is 2.83 bits per heavy atom. The molecule has 1 aliphatic heterocycles. The molecule has 62 valence electrons. The second-order valence-electron chi connectivity index (χ2n) is 2.09. The smallest absolute Gasteiger partial charge is 0.356 e. The molecule has 0 unspecified atom stereocenters. The zero-order valence-corrected chi connectivity index (χ0v) is 6.73. The molecule has 0 aromatic rings. The van der Waals surface area contributed by atoms with Crippen LogP contribution in [-0.4, -0.2) is 19.3 Å². The van der Waals surface area contributed by atoms with Crippen LogP contribution in [0.1, 0.15) is 0 Å². The fourth-order valence-electron chi connectivity index (χ4n) is 0.716. The number of hydrogen-bond donors (Lipinski definition) is 0. The lowest BCUT2D eigenvalue weighted by Crippen LogP contribution is -2.02. The summed E-state index contributed by atoms with van der Waals surface area (Å²) in [6, 6.07) is 0. The molecule has 1 heterocycles. The number of hydrogen-bond acceptors (Lipinski definition) is 3. The highest BCUT2D eigenvalue weighted by Crippen LogP contribution is 2.01. The summed E-state index contributed by atoms with van der Waals surface area (Å²) in [6.07, 6.45) is 10.3. The Morgan fingerprint density at radius 2 is 2.08 bits per heavy atom. The average Bonchev–Trinajstić information content (AvgIpc) is 2.02. The number of esters is 1. The van der Waals surface area contributed by atoms with Gasteiger partial charge in [0.2, 0.25) is 0 Å². The summed E-state index contributed by atoms with van der Waals surface area (Å²) >= 11 is 0. The summed E-state index contributed by atoms with van der Waals surface area (Å²) < 4.78 is 4.51. The van der Waals surface area contributed by atoms with Crippen molar-refractivity contribution in [2.75, 3.05) is 7.11 Å². The Labute approximate surface area is 70.8 Å². The molecule has 0 radical (unpaired) electrons. The van der Waals surface area contributed by atoms with Crippen molar-refractivity contribution in [3.05, 3.63) is 36.1 Å². The van der Waals surface area contributed by atoms with E-state index in [1.165, 1.54) is 7.11 Å². The topological polar surface area (TPSA) is 38.7 Å². The van der Waals surface area contributed by atoms with E-state index in [0.717, 1.165) is 0 Å². The van der Waals surface area contributed by atoms with E-state index >= 15 is 0 Å². The first-order chi connectivity index (χ1) is 5.84. The monoisotopic (exact) mass is 163 g/mol. The van der Waals surface area contributed by atoms with Gasteiger partial charge in [0.15, 0.2) is 0 Å². The maximum Gasteiger partial charge on any atom is 0.356 e. The second-order valence-corrected chi connectivity index (χ2v) is 2.09. The number of ether oxygens (including phenoxy) is 1. The van der Waals surface area contributed by atoms with Gasteiger partial charge in [-0.15, -0.1) is 0 Å². The highest BCUT2D eigenvalue weighted by molar-refractivity contribution is 5.91. The minimum absolute atomic E-state index is 0.304. The highest BCUT2D eigenvalue weighted by atomic mass is 16.5. The van der Waals surface area contributed by atoms with E-state index in [2.05, 4.69) is 9.73 Å². The van der Waals surface area contributed by atoms with Crippen molar-refractivity contribution in [1.82, 2.24) is 0 Å². The van der Waals surface area contributed by atoms with Crippen LogP contribution in [0, 0.1) is 0 Å². The number of aliphatic imine (C=N–C) groups is 1. The molecule has 3 nitrogen and oxygen atoms in total. The van der Waals surface area contributed by atoms with Gasteiger partial charge in [0.1, 0.15) is 5.70 Å². The Hall–Kier alpha value is -1.64. The van der Waals surface area contributed by atoms with Crippen LogP contribution in [0.3, 0.4) is 0 Å². The minimum atomic E-state index is -0.425. The van der Waals surface area contributed by atoms with E-state index in [1.54, 1.807) is 24.4 Å². The lowest BCUT2D eigenvalue weighted by atomic mass is 10.3. The number of methoxy groups -OCH3 is 1. The number of carbonyl (C=O) groups is 1. The summed E-state index contributed by atoms with van der Waals surface area (Å²) in [6.45, 7) is 0. The van der Waals surface area contributed by atoms with Gasteiger partial charge in [-0.2, -0.15) is 0 Å². The van der Waals surface area contributed by atoms with E-state index in [1.807, 2.05) is 12.2 Å². The molecule has 12 heavy (non-hydrogen) atoms. The van der Waals surface area contributed by atoms with Crippen LogP contribution >= 0.6 is 0 Å². The van der Waals surface area contributed by atoms with Crippen molar-refractivity contribution in [2.45, 2.75) is 0 Å². The Kier molecular flexibility index (Phi) is 3.02. The molecule has 0 aliphatic carbocycles. The van der Waals surface area contributed by atoms with Gasteiger partial charge in [-0.1, -0.05) is 18.2 Å². The van der Waals surface area contributed by atoms with Gasteiger partial charge in [-0.25, -0.2) is 9.79 Å². The standard InChI is InChI=1S/C9H9NO2/c1-12-9(11)8-6-4-2-3-5-7-10-8/h2-7H,1H3. The Balaban J connectivity index is 2.82. The summed E-state index contributed by atoms with van der Waals surface area (Å²) in [7, 11) is 1.33. The largest absolute Gasteiger partial charge is 0.464 e. The second kappa shape index (κ2) is 4.28. The van der Waals surface area contributed by atoms with Gasteiger partial charge >= 0.3 is 5.97 Å². The van der Waals surface area contributed by atoms with Crippen molar-refractivity contribution in [1.29, 1.82) is 0 Å². The zero-order valence-electron chi connectivity index (χ0n) is 6.73. The average molecular weight is 163 g/mol. The zero-order chi connectivity index (χ0) is 8.81. The first-order valence-corrected chi connectivity index (χ1v) is 3.50. The third-order valence-corrected chi connectivity index (χ3v) is 1.28. The number of carbonyl (C=O) groups excluding carboxylic acids is 1. The Bertz CT molecular complexity index is 285. The molecule has 0 aromatic heterocycles. The molecule has 0 fully saturated rings. The molecule has 0 aromatic carbocycles. The van der Waals surface area contributed by atoms with Crippen LogP contribution in [0.15, 0.2) is 41.1 Å². The van der Waals surface area contributed by atoms with E-state index in [9.17, 15) is 4.79 Å². The molecule has 0 bridgehead atoms. The van der Waals surface area contributed by atoms with Crippen molar-refractivity contribution < 1.29 is 9.53 Å². The molecule has 0 saturated carbocycles. The molecule has 0 atom stereocenters. The number of nitrogens with zero attached hydrogens (tertiary/aromatic N) is 1. The van der Waals surface area contributed by atoms with Gasteiger partial charge in [-0.3, -0.25) is 0 Å². The van der Waals surface area contributed by atoms with Gasteiger partial charge in [0, 0.05) is 6.21 Å². The number of rotatable bonds is 1.